The SMILES string of the molecule is Cc1ccc(NC(=O)C[NH+]2CC[NH+](Cc3ccc(Cl)s3)CC2)cc1F. The van der Waals surface area contributed by atoms with Crippen molar-refractivity contribution in [3.8, 4) is 0 Å². The molecule has 0 spiro atoms. The minimum Gasteiger partial charge on any atom is -0.321 e. The van der Waals surface area contributed by atoms with Gasteiger partial charge in [-0.1, -0.05) is 17.7 Å². The highest BCUT2D eigenvalue weighted by Gasteiger charge is 2.25. The highest BCUT2D eigenvalue weighted by molar-refractivity contribution is 7.16. The van der Waals surface area contributed by atoms with E-state index in [9.17, 15) is 9.18 Å². The number of benzene rings is 1. The van der Waals surface area contributed by atoms with Crippen molar-refractivity contribution in [1.82, 2.24) is 0 Å². The van der Waals surface area contributed by atoms with E-state index in [1.165, 1.54) is 20.7 Å². The maximum atomic E-state index is 13.5. The molecular formula is C18H23ClFN3OS+2. The Labute approximate surface area is 156 Å². The molecule has 3 rings (SSSR count). The van der Waals surface area contributed by atoms with Gasteiger partial charge in [-0.15, -0.1) is 11.3 Å². The van der Waals surface area contributed by atoms with Crippen LogP contribution in [0, 0.1) is 12.7 Å². The molecule has 2 aromatic rings. The number of amides is 1. The number of nitrogens with one attached hydrogen (secondary N) is 3. The Kier molecular flexibility index (Phi) is 6.06. The van der Waals surface area contributed by atoms with E-state index in [-0.39, 0.29) is 11.7 Å². The normalized spacial score (nSPS) is 20.4. The van der Waals surface area contributed by atoms with Crippen LogP contribution in [0.25, 0.3) is 0 Å². The summed E-state index contributed by atoms with van der Waals surface area (Å²) in [6.45, 7) is 7.13. The number of quaternary nitrogens is 2. The fraction of sp³-hybridized carbons (Fsp3) is 0.389. The van der Waals surface area contributed by atoms with Crippen molar-refractivity contribution < 1.29 is 19.0 Å². The lowest BCUT2D eigenvalue weighted by Crippen LogP contribution is -3.28. The number of carbonyl (C=O) groups excluding carboxylic acids is 1. The maximum Gasteiger partial charge on any atom is 0.279 e. The summed E-state index contributed by atoms with van der Waals surface area (Å²) in [5, 5.41) is 2.79. The van der Waals surface area contributed by atoms with Crippen molar-refractivity contribution in [2.45, 2.75) is 13.5 Å². The predicted molar refractivity (Wildman–Crippen MR) is 99.1 cm³/mol. The number of halogens is 2. The summed E-state index contributed by atoms with van der Waals surface area (Å²) in [4.78, 5) is 16.3. The molecule has 1 amide bonds. The van der Waals surface area contributed by atoms with Crippen molar-refractivity contribution in [1.29, 1.82) is 0 Å². The van der Waals surface area contributed by atoms with Crippen LogP contribution in [0.2, 0.25) is 4.34 Å². The third-order valence-corrected chi connectivity index (χ3v) is 5.81. The van der Waals surface area contributed by atoms with Gasteiger partial charge in [0.15, 0.2) is 6.54 Å². The number of thiophene rings is 1. The minimum atomic E-state index is -0.295. The Morgan fingerprint density at radius 3 is 2.56 bits per heavy atom. The molecule has 0 aliphatic carbocycles. The Hall–Kier alpha value is -1.47. The monoisotopic (exact) mass is 383 g/mol. The highest BCUT2D eigenvalue weighted by atomic mass is 35.5. The highest BCUT2D eigenvalue weighted by Crippen LogP contribution is 2.20. The van der Waals surface area contributed by atoms with Gasteiger partial charge >= 0.3 is 0 Å². The molecule has 2 heterocycles. The molecule has 0 bridgehead atoms. The zero-order valence-electron chi connectivity index (χ0n) is 14.2. The average molecular weight is 384 g/mol. The molecule has 1 saturated heterocycles. The number of aryl methyl sites for hydroxylation is 1. The van der Waals surface area contributed by atoms with Gasteiger partial charge in [0, 0.05) is 5.69 Å². The van der Waals surface area contributed by atoms with Gasteiger partial charge in [0.25, 0.3) is 5.91 Å². The number of hydrogen-bond donors (Lipinski definition) is 3. The summed E-state index contributed by atoms with van der Waals surface area (Å²) in [6, 6.07) is 8.82. The molecular weight excluding hydrogens is 361 g/mol. The Morgan fingerprint density at radius 2 is 1.92 bits per heavy atom. The molecule has 7 heteroatoms. The number of anilines is 1. The third-order valence-electron chi connectivity index (χ3n) is 4.58. The zero-order valence-corrected chi connectivity index (χ0v) is 15.8. The van der Waals surface area contributed by atoms with Crippen LogP contribution < -0.4 is 15.1 Å². The van der Waals surface area contributed by atoms with Gasteiger partial charge in [0.2, 0.25) is 0 Å². The van der Waals surface area contributed by atoms with Crippen molar-refractivity contribution in [3.63, 3.8) is 0 Å². The Balaban J connectivity index is 1.43. The van der Waals surface area contributed by atoms with Crippen LogP contribution in [0.5, 0.6) is 0 Å². The molecule has 0 radical (unpaired) electrons. The van der Waals surface area contributed by atoms with Crippen molar-refractivity contribution in [2.24, 2.45) is 0 Å². The van der Waals surface area contributed by atoms with E-state index >= 15 is 0 Å². The first-order valence-corrected chi connectivity index (χ1v) is 9.66. The fourth-order valence-corrected chi connectivity index (χ4v) is 4.27. The summed E-state index contributed by atoms with van der Waals surface area (Å²) in [5.41, 5.74) is 1.10. The summed E-state index contributed by atoms with van der Waals surface area (Å²) in [5.74, 6) is -0.359. The largest absolute Gasteiger partial charge is 0.321 e. The number of piperazine rings is 1. The zero-order chi connectivity index (χ0) is 17.8. The number of carbonyl (C=O) groups is 1. The second kappa shape index (κ2) is 8.27. The first kappa shape index (κ1) is 18.3. The third kappa shape index (κ3) is 5.25. The minimum absolute atomic E-state index is 0.0632. The van der Waals surface area contributed by atoms with E-state index in [0.717, 1.165) is 37.1 Å². The van der Waals surface area contributed by atoms with Gasteiger partial charge in [-0.3, -0.25) is 4.79 Å². The average Bonchev–Trinajstić information content (AvgIpc) is 2.98. The van der Waals surface area contributed by atoms with Crippen molar-refractivity contribution in [3.05, 3.63) is 50.9 Å². The lowest BCUT2D eigenvalue weighted by Gasteiger charge is -2.29. The van der Waals surface area contributed by atoms with Crippen LogP contribution in [-0.2, 0) is 11.3 Å². The van der Waals surface area contributed by atoms with Crippen LogP contribution in [-0.4, -0.2) is 38.6 Å². The molecule has 0 atom stereocenters. The van der Waals surface area contributed by atoms with Crippen LogP contribution in [0.15, 0.2) is 30.3 Å². The van der Waals surface area contributed by atoms with Crippen LogP contribution in [0.3, 0.4) is 0 Å². The lowest BCUT2D eigenvalue weighted by atomic mass is 10.2. The predicted octanol–water partition coefficient (Wildman–Crippen LogP) is 0.771. The Bertz CT molecular complexity index is 744. The van der Waals surface area contributed by atoms with Crippen molar-refractivity contribution in [2.75, 3.05) is 38.0 Å². The maximum absolute atomic E-state index is 13.5. The lowest BCUT2D eigenvalue weighted by molar-refractivity contribution is -1.01. The van der Waals surface area contributed by atoms with Gasteiger partial charge in [-0.2, -0.15) is 0 Å². The molecule has 4 nitrogen and oxygen atoms in total. The molecule has 25 heavy (non-hydrogen) atoms. The summed E-state index contributed by atoms with van der Waals surface area (Å²) >= 11 is 7.62. The quantitative estimate of drug-likeness (QED) is 0.701. The molecule has 1 aliphatic rings. The number of hydrogen-bond acceptors (Lipinski definition) is 2. The molecule has 0 saturated carbocycles. The van der Waals surface area contributed by atoms with E-state index in [1.54, 1.807) is 30.4 Å². The van der Waals surface area contributed by atoms with Crippen LogP contribution >= 0.6 is 22.9 Å². The smallest absolute Gasteiger partial charge is 0.279 e. The molecule has 134 valence electrons. The van der Waals surface area contributed by atoms with Gasteiger partial charge in [-0.25, -0.2) is 4.39 Å². The summed E-state index contributed by atoms with van der Waals surface area (Å²) < 4.78 is 14.4. The summed E-state index contributed by atoms with van der Waals surface area (Å²) in [7, 11) is 0. The molecule has 3 N–H and O–H groups in total. The second-order valence-electron chi connectivity index (χ2n) is 6.57. The van der Waals surface area contributed by atoms with E-state index in [1.807, 2.05) is 6.07 Å². The van der Waals surface area contributed by atoms with E-state index < -0.39 is 0 Å². The molecule has 1 aromatic carbocycles. The standard InChI is InChI=1S/C18H21ClFN3OS/c1-13-2-3-14(10-16(13)20)21-18(24)12-23-8-6-22(7-9-23)11-15-4-5-17(19)25-15/h2-5,10H,6-9,11-12H2,1H3,(H,21,24)/p+2. The fourth-order valence-electron chi connectivity index (χ4n) is 3.11. The van der Waals surface area contributed by atoms with E-state index in [2.05, 4.69) is 11.4 Å². The van der Waals surface area contributed by atoms with E-state index in [0.29, 0.717) is 17.8 Å². The van der Waals surface area contributed by atoms with Gasteiger partial charge in [0.05, 0.1) is 9.21 Å². The van der Waals surface area contributed by atoms with Crippen molar-refractivity contribution >= 4 is 34.5 Å². The second-order valence-corrected chi connectivity index (χ2v) is 8.37. The Morgan fingerprint density at radius 1 is 1.20 bits per heavy atom. The number of rotatable bonds is 5. The molecule has 1 aromatic heterocycles. The molecule has 0 unspecified atom stereocenters. The van der Waals surface area contributed by atoms with E-state index in [4.69, 9.17) is 11.6 Å². The molecule has 1 fully saturated rings. The van der Waals surface area contributed by atoms with Gasteiger partial charge in [-0.05, 0) is 36.8 Å². The van der Waals surface area contributed by atoms with Crippen LogP contribution in [0.4, 0.5) is 10.1 Å². The first-order chi connectivity index (χ1) is 12.0. The van der Waals surface area contributed by atoms with Crippen LogP contribution in [0.1, 0.15) is 10.4 Å². The topological polar surface area (TPSA) is 38.0 Å². The first-order valence-electron chi connectivity index (χ1n) is 8.47. The van der Waals surface area contributed by atoms with Gasteiger partial charge < -0.3 is 15.1 Å². The van der Waals surface area contributed by atoms with Gasteiger partial charge in [0.1, 0.15) is 38.5 Å². The summed E-state index contributed by atoms with van der Waals surface area (Å²) in [6.07, 6.45) is 0. The molecule has 1 aliphatic heterocycles.